The van der Waals surface area contributed by atoms with Crippen LogP contribution in [-0.2, 0) is 0 Å². The first kappa shape index (κ1) is 15.0. The molecule has 0 amide bonds. The van der Waals surface area contributed by atoms with E-state index in [2.05, 4.69) is 0 Å². The van der Waals surface area contributed by atoms with Crippen molar-refractivity contribution >= 4 is 5.69 Å². The summed E-state index contributed by atoms with van der Waals surface area (Å²) in [4.78, 5) is 1.77. The summed E-state index contributed by atoms with van der Waals surface area (Å²) in [5.41, 5.74) is 1.08. The molecule has 0 saturated heterocycles. The molecule has 0 fully saturated rings. The average Bonchev–Trinajstić information content (AvgIpc) is 2.47. The molecule has 0 aliphatic heterocycles. The van der Waals surface area contributed by atoms with Crippen molar-refractivity contribution in [3.63, 3.8) is 0 Å². The molecule has 0 aliphatic rings. The van der Waals surface area contributed by atoms with Crippen LogP contribution in [0.4, 0.5) is 5.69 Å². The Kier molecular flexibility index (Phi) is 4.55. The van der Waals surface area contributed by atoms with Crippen LogP contribution in [0.2, 0.25) is 0 Å². The lowest BCUT2D eigenvalue weighted by molar-refractivity contribution is 0.297. The molecule has 1 atom stereocenters. The number of aliphatic hydroxyl groups is 1. The fourth-order valence-corrected chi connectivity index (χ4v) is 2.38. The molecule has 4 N–H and O–H groups in total. The summed E-state index contributed by atoms with van der Waals surface area (Å²) in [5.74, 6) is 0.201. The smallest absolute Gasteiger partial charge is 0.138 e. The van der Waals surface area contributed by atoms with Gasteiger partial charge >= 0.3 is 0 Å². The zero-order chi connectivity index (χ0) is 15.4. The fraction of sp³-hybridized carbons (Fsp3) is 0.250. The predicted octanol–water partition coefficient (Wildman–Crippen LogP) is 2.36. The SMILES string of the molecule is CC(c1cc(O)ccc1O)N(CCO)c1ccccc1O. The van der Waals surface area contributed by atoms with Crippen LogP contribution in [0, 0.1) is 0 Å². The van der Waals surface area contributed by atoms with Crippen LogP contribution >= 0.6 is 0 Å². The second kappa shape index (κ2) is 6.37. The highest BCUT2D eigenvalue weighted by molar-refractivity contribution is 5.59. The first-order valence-corrected chi connectivity index (χ1v) is 6.72. The number of aromatic hydroxyl groups is 3. The fourth-order valence-electron chi connectivity index (χ4n) is 2.38. The van der Waals surface area contributed by atoms with Gasteiger partial charge in [0.05, 0.1) is 18.3 Å². The first-order valence-electron chi connectivity index (χ1n) is 6.72. The van der Waals surface area contributed by atoms with Gasteiger partial charge < -0.3 is 25.3 Å². The molecule has 2 aromatic carbocycles. The van der Waals surface area contributed by atoms with Crippen LogP contribution in [-0.4, -0.2) is 33.6 Å². The quantitative estimate of drug-likeness (QED) is 0.635. The van der Waals surface area contributed by atoms with Crippen LogP contribution in [0.15, 0.2) is 42.5 Å². The highest BCUT2D eigenvalue weighted by Crippen LogP contribution is 2.37. The van der Waals surface area contributed by atoms with Gasteiger partial charge in [-0.3, -0.25) is 0 Å². The van der Waals surface area contributed by atoms with E-state index in [0.29, 0.717) is 11.3 Å². The van der Waals surface area contributed by atoms with Crippen molar-refractivity contribution in [3.8, 4) is 17.2 Å². The molecule has 0 heterocycles. The highest BCUT2D eigenvalue weighted by Gasteiger charge is 2.21. The van der Waals surface area contributed by atoms with Crippen molar-refractivity contribution in [3.05, 3.63) is 48.0 Å². The van der Waals surface area contributed by atoms with E-state index in [1.807, 2.05) is 6.92 Å². The van der Waals surface area contributed by atoms with Crippen molar-refractivity contribution in [2.24, 2.45) is 0 Å². The van der Waals surface area contributed by atoms with E-state index in [9.17, 15) is 20.4 Å². The average molecular weight is 289 g/mol. The largest absolute Gasteiger partial charge is 0.508 e. The molecule has 0 bridgehead atoms. The molecule has 2 rings (SSSR count). The zero-order valence-corrected chi connectivity index (χ0v) is 11.8. The molecule has 5 nitrogen and oxygen atoms in total. The maximum absolute atomic E-state index is 9.99. The standard InChI is InChI=1S/C16H19NO4/c1-11(13-10-12(19)6-7-15(13)20)17(8-9-18)14-4-2-3-5-16(14)21/h2-7,10-11,18-21H,8-9H2,1H3. The van der Waals surface area contributed by atoms with Crippen LogP contribution < -0.4 is 4.90 Å². The summed E-state index contributed by atoms with van der Waals surface area (Å²) in [6, 6.07) is 10.8. The van der Waals surface area contributed by atoms with Gasteiger partial charge in [-0.15, -0.1) is 0 Å². The van der Waals surface area contributed by atoms with Crippen molar-refractivity contribution < 1.29 is 20.4 Å². The second-order valence-electron chi connectivity index (χ2n) is 4.82. The number of anilines is 1. The lowest BCUT2D eigenvalue weighted by Crippen LogP contribution is -2.29. The molecule has 2 aromatic rings. The second-order valence-corrected chi connectivity index (χ2v) is 4.82. The Labute approximate surface area is 123 Å². The van der Waals surface area contributed by atoms with E-state index in [-0.39, 0.29) is 36.4 Å². The van der Waals surface area contributed by atoms with Gasteiger partial charge in [-0.2, -0.15) is 0 Å². The van der Waals surface area contributed by atoms with Crippen molar-refractivity contribution in [2.75, 3.05) is 18.1 Å². The third kappa shape index (κ3) is 3.20. The Morgan fingerprint density at radius 1 is 1.00 bits per heavy atom. The monoisotopic (exact) mass is 289 g/mol. The van der Waals surface area contributed by atoms with E-state index in [0.717, 1.165) is 0 Å². The van der Waals surface area contributed by atoms with Crippen molar-refractivity contribution in [1.82, 2.24) is 0 Å². The van der Waals surface area contributed by atoms with E-state index in [4.69, 9.17) is 0 Å². The Morgan fingerprint density at radius 2 is 1.71 bits per heavy atom. The third-order valence-electron chi connectivity index (χ3n) is 3.46. The van der Waals surface area contributed by atoms with Gasteiger partial charge in [0.15, 0.2) is 0 Å². The van der Waals surface area contributed by atoms with E-state index < -0.39 is 0 Å². The van der Waals surface area contributed by atoms with Gasteiger partial charge in [0.25, 0.3) is 0 Å². The normalized spacial score (nSPS) is 12.1. The van der Waals surface area contributed by atoms with Gasteiger partial charge in [0.2, 0.25) is 0 Å². The molecule has 0 aromatic heterocycles. The molecule has 0 saturated carbocycles. The lowest BCUT2D eigenvalue weighted by Gasteiger charge is -2.32. The number of rotatable bonds is 5. The number of para-hydroxylation sites is 2. The summed E-state index contributed by atoms with van der Waals surface area (Å²) < 4.78 is 0. The maximum atomic E-state index is 9.99. The molecule has 0 spiro atoms. The Morgan fingerprint density at radius 3 is 2.38 bits per heavy atom. The van der Waals surface area contributed by atoms with E-state index in [1.165, 1.54) is 18.2 Å². The molecule has 112 valence electrons. The van der Waals surface area contributed by atoms with Crippen LogP contribution in [0.25, 0.3) is 0 Å². The minimum atomic E-state index is -0.336. The molecule has 21 heavy (non-hydrogen) atoms. The number of hydrogen-bond acceptors (Lipinski definition) is 5. The summed E-state index contributed by atoms with van der Waals surface area (Å²) >= 11 is 0. The number of benzene rings is 2. The summed E-state index contributed by atoms with van der Waals surface area (Å²) in [6.45, 7) is 2.02. The molecular formula is C16H19NO4. The zero-order valence-electron chi connectivity index (χ0n) is 11.8. The van der Waals surface area contributed by atoms with Gasteiger partial charge in [-0.25, -0.2) is 0 Å². The van der Waals surface area contributed by atoms with Crippen molar-refractivity contribution in [1.29, 1.82) is 0 Å². The van der Waals surface area contributed by atoms with Gasteiger partial charge in [0, 0.05) is 12.1 Å². The topological polar surface area (TPSA) is 84.2 Å². The molecule has 1 unspecified atom stereocenters. The van der Waals surface area contributed by atoms with E-state index >= 15 is 0 Å². The minimum Gasteiger partial charge on any atom is -0.508 e. The van der Waals surface area contributed by atoms with Crippen LogP contribution in [0.3, 0.4) is 0 Å². The number of phenolic OH excluding ortho intramolecular Hbond substituents is 3. The Bertz CT molecular complexity index is 615. The van der Waals surface area contributed by atoms with Gasteiger partial charge in [-0.1, -0.05) is 12.1 Å². The summed E-state index contributed by atoms with van der Waals surface area (Å²) in [7, 11) is 0. The molecule has 0 aliphatic carbocycles. The first-order chi connectivity index (χ1) is 10.0. The molecular weight excluding hydrogens is 270 g/mol. The van der Waals surface area contributed by atoms with Crippen molar-refractivity contribution in [2.45, 2.75) is 13.0 Å². The Balaban J connectivity index is 2.42. The lowest BCUT2D eigenvalue weighted by atomic mass is 10.0. The number of aliphatic hydroxyl groups excluding tert-OH is 1. The molecule has 0 radical (unpaired) electrons. The van der Waals surface area contributed by atoms with Crippen LogP contribution in [0.1, 0.15) is 18.5 Å². The summed E-state index contributed by atoms with van der Waals surface area (Å²) in [6.07, 6.45) is 0. The Hall–Kier alpha value is -2.40. The predicted molar refractivity (Wildman–Crippen MR) is 80.7 cm³/mol. The maximum Gasteiger partial charge on any atom is 0.138 e. The minimum absolute atomic E-state index is 0.0517. The number of nitrogens with zero attached hydrogens (tertiary/aromatic N) is 1. The summed E-state index contributed by atoms with van der Waals surface area (Å²) in [5, 5.41) is 38.8. The number of phenols is 3. The van der Waals surface area contributed by atoms with E-state index in [1.54, 1.807) is 29.2 Å². The third-order valence-corrected chi connectivity index (χ3v) is 3.46. The van der Waals surface area contributed by atoms with Gasteiger partial charge in [-0.05, 0) is 37.3 Å². The molecule has 5 heteroatoms. The van der Waals surface area contributed by atoms with Gasteiger partial charge in [0.1, 0.15) is 17.2 Å². The highest BCUT2D eigenvalue weighted by atomic mass is 16.3. The van der Waals surface area contributed by atoms with Crippen LogP contribution in [0.5, 0.6) is 17.2 Å². The number of hydrogen-bond donors (Lipinski definition) is 4.